The molecule has 2 aromatic heterocycles. The topological polar surface area (TPSA) is 114 Å². The van der Waals surface area contributed by atoms with Gasteiger partial charge in [0.15, 0.2) is 11.5 Å². The van der Waals surface area contributed by atoms with Crippen LogP contribution in [0.25, 0.3) is 11.5 Å². The van der Waals surface area contributed by atoms with Crippen LogP contribution in [-0.2, 0) is 4.74 Å². The van der Waals surface area contributed by atoms with Crippen LogP contribution in [0, 0.1) is 10.1 Å². The first-order valence-electron chi connectivity index (χ1n) is 8.28. The first kappa shape index (κ1) is 17.0. The quantitative estimate of drug-likeness (QED) is 0.528. The Kier molecular flexibility index (Phi) is 4.21. The number of nitrogens with one attached hydrogen (secondary N) is 1. The number of methoxy groups -OCH3 is 1. The maximum absolute atomic E-state index is 12.9. The highest BCUT2D eigenvalue weighted by Gasteiger charge is 2.43. The Bertz CT molecular complexity index is 995. The molecule has 138 valence electrons. The highest BCUT2D eigenvalue weighted by atomic mass is 16.6. The van der Waals surface area contributed by atoms with E-state index in [0.29, 0.717) is 35.7 Å². The SMILES string of the molecule is COCCN1C(=O)c2n[nH]c(-c3ccco3)c2[C@H]1c1cccc([N+](=O)[O-])c1. The Morgan fingerprint density at radius 3 is 2.93 bits per heavy atom. The molecule has 9 nitrogen and oxygen atoms in total. The van der Waals surface area contributed by atoms with Crippen molar-refractivity contribution in [3.8, 4) is 11.5 Å². The number of rotatable bonds is 6. The molecule has 0 bridgehead atoms. The van der Waals surface area contributed by atoms with Crippen molar-refractivity contribution in [3.05, 3.63) is 69.6 Å². The molecule has 4 rings (SSSR count). The van der Waals surface area contributed by atoms with Crippen molar-refractivity contribution in [2.75, 3.05) is 20.3 Å². The van der Waals surface area contributed by atoms with Gasteiger partial charge in [0, 0.05) is 31.4 Å². The molecule has 9 heteroatoms. The van der Waals surface area contributed by atoms with Gasteiger partial charge >= 0.3 is 0 Å². The maximum Gasteiger partial charge on any atom is 0.275 e. The molecule has 0 saturated heterocycles. The zero-order valence-corrected chi connectivity index (χ0v) is 14.4. The lowest BCUT2D eigenvalue weighted by Gasteiger charge is -2.25. The molecule has 1 aliphatic rings. The number of ether oxygens (including phenoxy) is 1. The normalized spacial score (nSPS) is 16.0. The van der Waals surface area contributed by atoms with Gasteiger partial charge in [-0.2, -0.15) is 5.10 Å². The summed E-state index contributed by atoms with van der Waals surface area (Å²) in [7, 11) is 1.55. The number of aromatic amines is 1. The summed E-state index contributed by atoms with van der Waals surface area (Å²) >= 11 is 0. The summed E-state index contributed by atoms with van der Waals surface area (Å²) in [6.07, 6.45) is 1.53. The summed E-state index contributed by atoms with van der Waals surface area (Å²) in [5.41, 5.74) is 2.10. The fourth-order valence-corrected chi connectivity index (χ4v) is 3.37. The van der Waals surface area contributed by atoms with Crippen LogP contribution < -0.4 is 0 Å². The number of nitrogens with zero attached hydrogens (tertiary/aromatic N) is 3. The zero-order valence-electron chi connectivity index (χ0n) is 14.4. The maximum atomic E-state index is 12.9. The van der Waals surface area contributed by atoms with Crippen molar-refractivity contribution < 1.29 is 18.9 Å². The van der Waals surface area contributed by atoms with Crippen molar-refractivity contribution in [1.82, 2.24) is 15.1 Å². The van der Waals surface area contributed by atoms with Gasteiger partial charge < -0.3 is 14.1 Å². The van der Waals surface area contributed by atoms with Crippen LogP contribution in [-0.4, -0.2) is 46.2 Å². The lowest BCUT2D eigenvalue weighted by molar-refractivity contribution is -0.384. The number of hydrogen-bond acceptors (Lipinski definition) is 6. The summed E-state index contributed by atoms with van der Waals surface area (Å²) in [4.78, 5) is 25.3. The van der Waals surface area contributed by atoms with E-state index in [1.807, 2.05) is 0 Å². The van der Waals surface area contributed by atoms with Crippen LogP contribution >= 0.6 is 0 Å². The molecule has 3 heterocycles. The molecule has 0 fully saturated rings. The lowest BCUT2D eigenvalue weighted by Crippen LogP contribution is -2.32. The highest BCUT2D eigenvalue weighted by Crippen LogP contribution is 2.43. The van der Waals surface area contributed by atoms with Gasteiger partial charge in [-0.25, -0.2) is 0 Å². The Morgan fingerprint density at radius 2 is 2.22 bits per heavy atom. The number of hydrogen-bond donors (Lipinski definition) is 1. The average Bonchev–Trinajstić information content (AvgIpc) is 3.38. The third-order valence-corrected chi connectivity index (χ3v) is 4.55. The summed E-state index contributed by atoms with van der Waals surface area (Å²) < 4.78 is 10.6. The van der Waals surface area contributed by atoms with E-state index in [2.05, 4.69) is 10.2 Å². The summed E-state index contributed by atoms with van der Waals surface area (Å²) in [6, 6.07) is 9.25. The number of aromatic nitrogens is 2. The average molecular weight is 368 g/mol. The van der Waals surface area contributed by atoms with E-state index in [9.17, 15) is 14.9 Å². The number of carbonyl (C=O) groups is 1. The molecule has 1 aromatic carbocycles. The molecule has 27 heavy (non-hydrogen) atoms. The van der Waals surface area contributed by atoms with E-state index in [1.54, 1.807) is 36.3 Å². The number of furan rings is 1. The second kappa shape index (κ2) is 6.69. The first-order chi connectivity index (χ1) is 13.1. The Hall–Kier alpha value is -3.46. The van der Waals surface area contributed by atoms with Gasteiger partial charge in [-0.1, -0.05) is 12.1 Å². The zero-order chi connectivity index (χ0) is 19.0. The molecule has 0 aliphatic carbocycles. The third kappa shape index (κ3) is 2.77. The van der Waals surface area contributed by atoms with Gasteiger partial charge in [-0.05, 0) is 17.7 Å². The van der Waals surface area contributed by atoms with Crippen LogP contribution in [0.5, 0.6) is 0 Å². The number of amides is 1. The number of nitro groups is 1. The first-order valence-corrected chi connectivity index (χ1v) is 8.28. The van der Waals surface area contributed by atoms with E-state index >= 15 is 0 Å². The molecular formula is C18H16N4O5. The second-order valence-electron chi connectivity index (χ2n) is 6.08. The number of benzene rings is 1. The largest absolute Gasteiger partial charge is 0.463 e. The van der Waals surface area contributed by atoms with Crippen LogP contribution in [0.15, 0.2) is 47.1 Å². The predicted octanol–water partition coefficient (Wildman–Crippen LogP) is 2.77. The van der Waals surface area contributed by atoms with Gasteiger partial charge in [0.25, 0.3) is 11.6 Å². The van der Waals surface area contributed by atoms with Gasteiger partial charge in [-0.3, -0.25) is 20.0 Å². The van der Waals surface area contributed by atoms with E-state index < -0.39 is 11.0 Å². The van der Waals surface area contributed by atoms with Crippen molar-refractivity contribution in [2.24, 2.45) is 0 Å². The minimum Gasteiger partial charge on any atom is -0.463 e. The number of nitro benzene ring substituents is 1. The van der Waals surface area contributed by atoms with Gasteiger partial charge in [0.05, 0.1) is 23.8 Å². The molecular weight excluding hydrogens is 352 g/mol. The Labute approximate surface area is 153 Å². The minimum atomic E-state index is -0.526. The van der Waals surface area contributed by atoms with Crippen molar-refractivity contribution in [2.45, 2.75) is 6.04 Å². The molecule has 1 aliphatic heterocycles. The minimum absolute atomic E-state index is 0.0388. The molecule has 3 aromatic rings. The lowest BCUT2D eigenvalue weighted by atomic mass is 9.97. The molecule has 1 amide bonds. The summed E-state index contributed by atoms with van der Waals surface area (Å²) in [5.74, 6) is 0.285. The van der Waals surface area contributed by atoms with Gasteiger partial charge in [0.2, 0.25) is 0 Å². The van der Waals surface area contributed by atoms with E-state index in [-0.39, 0.29) is 17.3 Å². The standard InChI is InChI=1S/C18H16N4O5/c1-26-9-7-21-17(11-4-2-5-12(10-11)22(24)25)14-15(13-6-3-8-27-13)19-20-16(14)18(21)23/h2-6,8,10,17H,7,9H2,1H3,(H,19,20)/t17-/m1/s1. The van der Waals surface area contributed by atoms with Gasteiger partial charge in [0.1, 0.15) is 5.69 Å². The fraction of sp³-hybridized carbons (Fsp3) is 0.222. The molecule has 0 unspecified atom stereocenters. The Morgan fingerprint density at radius 1 is 1.37 bits per heavy atom. The van der Waals surface area contributed by atoms with E-state index in [1.165, 1.54) is 18.4 Å². The molecule has 0 saturated carbocycles. The van der Waals surface area contributed by atoms with Crippen LogP contribution in [0.3, 0.4) is 0 Å². The van der Waals surface area contributed by atoms with Crippen LogP contribution in [0.2, 0.25) is 0 Å². The van der Waals surface area contributed by atoms with Crippen LogP contribution in [0.1, 0.15) is 27.7 Å². The highest BCUT2D eigenvalue weighted by molar-refractivity contribution is 6.00. The van der Waals surface area contributed by atoms with Crippen molar-refractivity contribution in [3.63, 3.8) is 0 Å². The fourth-order valence-electron chi connectivity index (χ4n) is 3.37. The van der Waals surface area contributed by atoms with Gasteiger partial charge in [-0.15, -0.1) is 0 Å². The summed E-state index contributed by atoms with van der Waals surface area (Å²) in [6.45, 7) is 0.665. The second-order valence-corrected chi connectivity index (χ2v) is 6.08. The van der Waals surface area contributed by atoms with Crippen LogP contribution in [0.4, 0.5) is 5.69 Å². The monoisotopic (exact) mass is 368 g/mol. The summed E-state index contributed by atoms with van der Waals surface area (Å²) in [5, 5.41) is 18.2. The molecule has 0 radical (unpaired) electrons. The third-order valence-electron chi connectivity index (χ3n) is 4.55. The van der Waals surface area contributed by atoms with Crippen molar-refractivity contribution in [1.29, 1.82) is 0 Å². The number of non-ortho nitro benzene ring substituents is 1. The predicted molar refractivity (Wildman–Crippen MR) is 94.1 cm³/mol. The molecule has 1 atom stereocenters. The number of carbonyl (C=O) groups excluding carboxylic acids is 1. The number of H-pyrrole nitrogens is 1. The van der Waals surface area contributed by atoms with E-state index in [0.717, 1.165) is 0 Å². The smallest absolute Gasteiger partial charge is 0.275 e. The van der Waals surface area contributed by atoms with Crippen molar-refractivity contribution >= 4 is 11.6 Å². The Balaban J connectivity index is 1.87. The molecule has 1 N–H and O–H groups in total. The van der Waals surface area contributed by atoms with E-state index in [4.69, 9.17) is 9.15 Å². The number of fused-ring (bicyclic) bond motifs is 1. The molecule has 0 spiro atoms.